The fourth-order valence-electron chi connectivity index (χ4n) is 4.46. The second kappa shape index (κ2) is 12.6. The summed E-state index contributed by atoms with van der Waals surface area (Å²) in [5.41, 5.74) is -0.496. The minimum Gasteiger partial charge on any atom is -0.454 e. The third-order valence-electron chi connectivity index (χ3n) is 6.19. The zero-order valence-electron chi connectivity index (χ0n) is 22.6. The number of amides is 4. The Hall–Kier alpha value is -4.09. The molecule has 39 heavy (non-hydrogen) atoms. The van der Waals surface area contributed by atoms with Gasteiger partial charge in [-0.15, -0.1) is 0 Å². The summed E-state index contributed by atoms with van der Waals surface area (Å²) in [6, 6.07) is 5.37. The van der Waals surface area contributed by atoms with Gasteiger partial charge < -0.3 is 15.4 Å². The Kier molecular flexibility index (Phi) is 9.55. The maximum atomic E-state index is 13.6. The molecule has 0 aliphatic carbocycles. The molecule has 1 aromatic rings. The predicted molar refractivity (Wildman–Crippen MR) is 140 cm³/mol. The molecular weight excluding hydrogens is 506 g/mol. The molecule has 0 bridgehead atoms. The maximum Gasteiger partial charge on any atom is 0.375 e. The molecule has 12 heteroatoms. The van der Waals surface area contributed by atoms with E-state index in [0.29, 0.717) is 12.0 Å². The first-order valence-corrected chi connectivity index (χ1v) is 12.9. The summed E-state index contributed by atoms with van der Waals surface area (Å²) in [5.74, 6) is -3.85. The number of hydrogen-bond donors (Lipinski definition) is 2. The Morgan fingerprint density at radius 1 is 1.13 bits per heavy atom. The van der Waals surface area contributed by atoms with E-state index in [2.05, 4.69) is 15.6 Å². The van der Waals surface area contributed by atoms with Gasteiger partial charge in [-0.3, -0.25) is 34.0 Å². The third-order valence-corrected chi connectivity index (χ3v) is 6.19. The lowest BCUT2D eigenvalue weighted by Gasteiger charge is -2.43. The van der Waals surface area contributed by atoms with Crippen LogP contribution in [-0.4, -0.2) is 88.9 Å². The Labute approximate surface area is 227 Å². The number of fused-ring (bicyclic) bond motifs is 1. The lowest BCUT2D eigenvalue weighted by atomic mass is 10.0. The molecule has 0 saturated carbocycles. The molecule has 2 aliphatic heterocycles. The van der Waals surface area contributed by atoms with E-state index in [-0.39, 0.29) is 31.7 Å². The molecule has 4 amide bonds. The molecule has 2 fully saturated rings. The van der Waals surface area contributed by atoms with Crippen LogP contribution in [0, 0.1) is 0 Å². The number of Topliss-reactive ketones (excluding diaryl/α,β-unsaturated/α-hetero) is 1. The smallest absolute Gasteiger partial charge is 0.375 e. The third kappa shape index (κ3) is 7.71. The average molecular weight is 542 g/mol. The van der Waals surface area contributed by atoms with Gasteiger partial charge in [0.15, 0.2) is 0 Å². The van der Waals surface area contributed by atoms with Gasteiger partial charge in [-0.1, -0.05) is 18.2 Å². The van der Waals surface area contributed by atoms with Crippen molar-refractivity contribution >= 4 is 41.6 Å². The highest BCUT2D eigenvalue weighted by Crippen LogP contribution is 2.25. The normalized spacial score (nSPS) is 20.6. The number of carbonyl (C=O) groups is 6. The van der Waals surface area contributed by atoms with Gasteiger partial charge >= 0.3 is 5.97 Å². The van der Waals surface area contributed by atoms with Crippen LogP contribution in [0.2, 0.25) is 0 Å². The molecule has 12 nitrogen and oxygen atoms in total. The highest BCUT2D eigenvalue weighted by molar-refractivity contribution is 6.34. The number of aliphatic imine (C=N–C) groups is 1. The summed E-state index contributed by atoms with van der Waals surface area (Å²) < 4.78 is 5.11. The molecule has 1 aromatic carbocycles. The first-order valence-electron chi connectivity index (χ1n) is 12.9. The summed E-state index contributed by atoms with van der Waals surface area (Å²) in [6.45, 7) is 5.16. The lowest BCUT2D eigenvalue weighted by Crippen LogP contribution is -2.64. The minimum absolute atomic E-state index is 0.0197. The van der Waals surface area contributed by atoms with Crippen molar-refractivity contribution in [3.63, 3.8) is 0 Å². The van der Waals surface area contributed by atoms with Crippen LogP contribution >= 0.6 is 0 Å². The Morgan fingerprint density at radius 3 is 2.46 bits per heavy atom. The monoisotopic (exact) mass is 541 g/mol. The fourth-order valence-corrected chi connectivity index (χ4v) is 4.46. The highest BCUT2D eigenvalue weighted by atomic mass is 16.6. The van der Waals surface area contributed by atoms with E-state index in [9.17, 15) is 28.8 Å². The van der Waals surface area contributed by atoms with Crippen LogP contribution in [-0.2, 0) is 28.7 Å². The first kappa shape index (κ1) is 29.5. The minimum atomic E-state index is -1.06. The highest BCUT2D eigenvalue weighted by Gasteiger charge is 2.45. The molecule has 0 aromatic heterocycles. The number of carbonyl (C=O) groups excluding carboxylic acids is 6. The number of nitrogens with zero attached hydrogens (tertiary/aromatic N) is 3. The van der Waals surface area contributed by atoms with Gasteiger partial charge in [-0.05, 0) is 52.2 Å². The van der Waals surface area contributed by atoms with Crippen LogP contribution in [0.4, 0.5) is 0 Å². The van der Waals surface area contributed by atoms with Crippen LogP contribution in [0.25, 0.3) is 0 Å². The quantitative estimate of drug-likeness (QED) is 0.280. The molecule has 3 rings (SSSR count). The first-order chi connectivity index (χ1) is 18.4. The zero-order valence-corrected chi connectivity index (χ0v) is 22.6. The molecule has 2 aliphatic rings. The van der Waals surface area contributed by atoms with Crippen LogP contribution in [0.15, 0.2) is 35.3 Å². The summed E-state index contributed by atoms with van der Waals surface area (Å²) >= 11 is 0. The van der Waals surface area contributed by atoms with Gasteiger partial charge in [-0.25, -0.2) is 9.80 Å². The average Bonchev–Trinajstić information content (AvgIpc) is 3.00. The van der Waals surface area contributed by atoms with Crippen molar-refractivity contribution in [3.8, 4) is 0 Å². The molecule has 210 valence electrons. The molecule has 2 N–H and O–H groups in total. The van der Waals surface area contributed by atoms with E-state index in [4.69, 9.17) is 4.74 Å². The van der Waals surface area contributed by atoms with Gasteiger partial charge in [0.2, 0.25) is 17.6 Å². The largest absolute Gasteiger partial charge is 0.454 e. The number of rotatable bonds is 8. The topological polar surface area (TPSA) is 155 Å². The maximum absolute atomic E-state index is 13.6. The molecule has 0 spiro atoms. The van der Waals surface area contributed by atoms with Gasteiger partial charge in [0, 0.05) is 38.2 Å². The van der Waals surface area contributed by atoms with Crippen molar-refractivity contribution in [1.82, 2.24) is 20.7 Å². The Bertz CT molecular complexity index is 1140. The van der Waals surface area contributed by atoms with Crippen molar-refractivity contribution in [1.29, 1.82) is 0 Å². The number of benzene rings is 1. The molecule has 2 heterocycles. The number of ether oxygens (including phenoxy) is 1. The fraction of sp³-hybridized carbons (Fsp3) is 0.519. The zero-order chi connectivity index (χ0) is 28.7. The predicted octanol–water partition coefficient (Wildman–Crippen LogP) is 0.800. The van der Waals surface area contributed by atoms with E-state index in [1.54, 1.807) is 51.1 Å². The number of nitrogens with one attached hydrogen (secondary N) is 2. The molecule has 3 atom stereocenters. The number of esters is 1. The lowest BCUT2D eigenvalue weighted by molar-refractivity contribution is -0.176. The number of hydrogen-bond acceptors (Lipinski definition) is 8. The molecular formula is C27H35N5O7. The van der Waals surface area contributed by atoms with Crippen molar-refractivity contribution in [3.05, 3.63) is 35.9 Å². The standard InChI is InChI=1S/C27H35N5O7/c1-27(2,3)39-26(38)21(33)15-18(16-28-4)29-24(36)20-11-8-14-31-22(34)13-12-19(25(37)32(20)31)30-23(35)17-9-6-5-7-10-17/h5-7,9-10,16,18-20H,8,11-15H2,1-4H3,(H,29,36)(H,30,35)/b28-16+/t18-,19-,20-/m0/s1. The summed E-state index contributed by atoms with van der Waals surface area (Å²) in [5, 5.41) is 7.76. The van der Waals surface area contributed by atoms with Crippen LogP contribution < -0.4 is 10.6 Å². The van der Waals surface area contributed by atoms with Crippen molar-refractivity contribution in [2.75, 3.05) is 13.6 Å². The van der Waals surface area contributed by atoms with Crippen LogP contribution in [0.1, 0.15) is 63.2 Å². The van der Waals surface area contributed by atoms with Crippen LogP contribution in [0.5, 0.6) is 0 Å². The van der Waals surface area contributed by atoms with Crippen LogP contribution in [0.3, 0.4) is 0 Å². The van der Waals surface area contributed by atoms with E-state index in [1.807, 2.05) is 0 Å². The summed E-state index contributed by atoms with van der Waals surface area (Å²) in [6.07, 6.45) is 1.77. The summed E-state index contributed by atoms with van der Waals surface area (Å²) in [7, 11) is 1.45. The summed E-state index contributed by atoms with van der Waals surface area (Å²) in [4.78, 5) is 81.2. The number of ketones is 1. The van der Waals surface area contributed by atoms with Gasteiger partial charge in [0.25, 0.3) is 11.8 Å². The van der Waals surface area contributed by atoms with E-state index in [1.165, 1.54) is 18.3 Å². The van der Waals surface area contributed by atoms with Gasteiger partial charge in [0.05, 0.1) is 6.04 Å². The Balaban J connectivity index is 1.77. The molecule has 2 saturated heterocycles. The Morgan fingerprint density at radius 2 is 1.82 bits per heavy atom. The second-order valence-electron chi connectivity index (χ2n) is 10.4. The van der Waals surface area contributed by atoms with E-state index >= 15 is 0 Å². The van der Waals surface area contributed by atoms with Crippen molar-refractivity contribution in [2.24, 2.45) is 4.99 Å². The molecule has 0 unspecified atom stereocenters. The van der Waals surface area contributed by atoms with Gasteiger partial charge in [-0.2, -0.15) is 0 Å². The van der Waals surface area contributed by atoms with E-state index < -0.39 is 59.6 Å². The second-order valence-corrected chi connectivity index (χ2v) is 10.4. The molecule has 0 radical (unpaired) electrons. The van der Waals surface area contributed by atoms with Gasteiger partial charge in [0.1, 0.15) is 17.7 Å². The van der Waals surface area contributed by atoms with Crippen molar-refractivity contribution in [2.45, 2.75) is 76.6 Å². The number of hydrazine groups is 1. The SMILES string of the molecule is C/N=C/[C@H](CC(=O)C(=O)OC(C)(C)C)NC(=O)[C@@H]1CCCN2C(=O)CC[C@H](NC(=O)c3ccccc3)C(=O)N12. The van der Waals surface area contributed by atoms with Crippen molar-refractivity contribution < 1.29 is 33.5 Å². The van der Waals surface area contributed by atoms with E-state index in [0.717, 1.165) is 5.01 Å².